The Morgan fingerprint density at radius 2 is 1.73 bits per heavy atom. The fourth-order valence-electron chi connectivity index (χ4n) is 10.2. The zero-order valence-corrected chi connectivity index (χ0v) is 35.4. The molecule has 0 bridgehead atoms. The molecule has 0 saturated carbocycles. The smallest absolute Gasteiger partial charge is 0.281 e. The number of piperidine rings is 2. The Morgan fingerprint density at radius 1 is 1.00 bits per heavy atom. The Balaban J connectivity index is 0.861. The number of anilines is 3. The molecule has 10 nitrogen and oxygen atoms in total. The van der Waals surface area contributed by atoms with Gasteiger partial charge in [-0.3, -0.25) is 14.2 Å². The number of nitrogens with one attached hydrogen (secondary N) is 1. The predicted octanol–water partition coefficient (Wildman–Crippen LogP) is 8.19. The number of halogens is 3. The Labute approximate surface area is 351 Å². The summed E-state index contributed by atoms with van der Waals surface area (Å²) < 4.78 is 34.2. The van der Waals surface area contributed by atoms with Crippen molar-refractivity contribution in [1.82, 2.24) is 29.7 Å². The van der Waals surface area contributed by atoms with Gasteiger partial charge in [-0.15, -0.1) is 6.58 Å². The van der Waals surface area contributed by atoms with Crippen molar-refractivity contribution in [3.8, 4) is 5.69 Å². The first kappa shape index (κ1) is 39.5. The van der Waals surface area contributed by atoms with Crippen molar-refractivity contribution in [3.63, 3.8) is 0 Å². The van der Waals surface area contributed by atoms with E-state index in [0.717, 1.165) is 84.7 Å². The fourth-order valence-corrected chi connectivity index (χ4v) is 10.7. The first-order valence-corrected chi connectivity index (χ1v) is 21.6. The van der Waals surface area contributed by atoms with E-state index in [-0.39, 0.29) is 23.0 Å². The Kier molecular flexibility index (Phi) is 10.4. The lowest BCUT2D eigenvalue weighted by Gasteiger charge is -2.42. The highest BCUT2D eigenvalue weighted by atomic mass is 79.9. The summed E-state index contributed by atoms with van der Waals surface area (Å²) >= 11 is 3.60. The number of hydrogen-bond acceptors (Lipinski definition) is 8. The summed E-state index contributed by atoms with van der Waals surface area (Å²) in [5.74, 6) is -0.0533. The van der Waals surface area contributed by atoms with Crippen LogP contribution in [-0.2, 0) is 16.6 Å². The first-order valence-electron chi connectivity index (χ1n) is 20.8. The molecule has 306 valence electrons. The van der Waals surface area contributed by atoms with Crippen LogP contribution in [-0.4, -0.2) is 76.1 Å². The van der Waals surface area contributed by atoms with Gasteiger partial charge in [-0.2, -0.15) is 4.98 Å². The van der Waals surface area contributed by atoms with Gasteiger partial charge >= 0.3 is 0 Å². The van der Waals surface area contributed by atoms with Gasteiger partial charge in [0.15, 0.2) is 0 Å². The van der Waals surface area contributed by atoms with Gasteiger partial charge in [0.2, 0.25) is 5.91 Å². The lowest BCUT2D eigenvalue weighted by Crippen LogP contribution is -2.47. The van der Waals surface area contributed by atoms with Crippen molar-refractivity contribution in [3.05, 3.63) is 122 Å². The average Bonchev–Trinajstić information content (AvgIpc) is 3.77. The van der Waals surface area contributed by atoms with E-state index in [2.05, 4.69) is 84.2 Å². The molecule has 3 aromatic carbocycles. The third-order valence-electron chi connectivity index (χ3n) is 13.3. The number of aromatic nitrogens is 4. The van der Waals surface area contributed by atoms with Crippen LogP contribution in [0.25, 0.3) is 16.6 Å². The molecule has 13 heteroatoms. The van der Waals surface area contributed by atoms with E-state index in [4.69, 9.17) is 4.98 Å². The quantitative estimate of drug-likeness (QED) is 0.148. The molecule has 6 heterocycles. The molecule has 0 spiro atoms. The van der Waals surface area contributed by atoms with Crippen molar-refractivity contribution in [1.29, 1.82) is 0 Å². The first-order chi connectivity index (χ1) is 28.5. The number of carbonyl (C=O) groups is 1. The SMILES string of the molecule is C=CCCC(C(=O)NC)c1c(F)cc(N2CCc3c(N4CCC(N5CCC(c6ccc7c(c6)-n6c(nc(=O)c8c(Br)cccc86)C7(C)C)CC5)CC4)ncnc32)cc1F. The van der Waals surface area contributed by atoms with Crippen LogP contribution in [0.15, 0.2) is 76.8 Å². The maximum atomic E-state index is 15.6. The maximum Gasteiger partial charge on any atom is 0.281 e. The third kappa shape index (κ3) is 6.74. The number of hydrogen-bond donors (Lipinski definition) is 1. The molecule has 2 aromatic heterocycles. The van der Waals surface area contributed by atoms with E-state index in [1.165, 1.54) is 30.3 Å². The molecule has 0 radical (unpaired) electrons. The largest absolute Gasteiger partial charge is 0.359 e. The zero-order valence-electron chi connectivity index (χ0n) is 33.8. The summed E-state index contributed by atoms with van der Waals surface area (Å²) in [6.07, 6.45) is 8.82. The molecular formula is C46H49BrF2N8O2. The van der Waals surface area contributed by atoms with Gasteiger partial charge in [-0.25, -0.2) is 18.7 Å². The van der Waals surface area contributed by atoms with E-state index in [1.807, 2.05) is 23.1 Å². The number of allylic oxidation sites excluding steroid dienone is 1. The van der Waals surface area contributed by atoms with Gasteiger partial charge in [0.1, 0.15) is 35.4 Å². The van der Waals surface area contributed by atoms with E-state index in [9.17, 15) is 9.59 Å². The zero-order chi connectivity index (χ0) is 41.2. The number of likely N-dealkylation sites (tertiary alicyclic amines) is 1. The van der Waals surface area contributed by atoms with Crippen LogP contribution < -0.4 is 20.7 Å². The van der Waals surface area contributed by atoms with Crippen molar-refractivity contribution in [2.75, 3.05) is 49.6 Å². The summed E-state index contributed by atoms with van der Waals surface area (Å²) in [4.78, 5) is 46.6. The lowest BCUT2D eigenvalue weighted by atomic mass is 9.82. The summed E-state index contributed by atoms with van der Waals surface area (Å²) in [5.41, 5.74) is 5.10. The highest BCUT2D eigenvalue weighted by Crippen LogP contribution is 2.45. The van der Waals surface area contributed by atoms with Gasteiger partial charge in [0.25, 0.3) is 5.56 Å². The molecule has 1 unspecified atom stereocenters. The highest BCUT2D eigenvalue weighted by Gasteiger charge is 2.40. The van der Waals surface area contributed by atoms with Crippen LogP contribution >= 0.6 is 15.9 Å². The lowest BCUT2D eigenvalue weighted by molar-refractivity contribution is -0.122. The molecule has 4 aliphatic rings. The molecule has 2 saturated heterocycles. The second kappa shape index (κ2) is 15.5. The molecule has 1 atom stereocenters. The van der Waals surface area contributed by atoms with Gasteiger partial charge in [0.05, 0.1) is 27.9 Å². The van der Waals surface area contributed by atoms with Crippen LogP contribution in [0.3, 0.4) is 0 Å². The number of fused-ring (bicyclic) bond motifs is 6. The number of rotatable bonds is 9. The van der Waals surface area contributed by atoms with E-state index >= 15 is 8.78 Å². The Hall–Kier alpha value is -5.01. The topological polar surface area (TPSA) is 99.5 Å². The number of carbonyl (C=O) groups excluding carboxylic acids is 1. The van der Waals surface area contributed by atoms with Crippen molar-refractivity contribution in [2.45, 2.75) is 82.1 Å². The van der Waals surface area contributed by atoms with Crippen LogP contribution in [0.1, 0.15) is 92.3 Å². The van der Waals surface area contributed by atoms with E-state index in [1.54, 1.807) is 12.4 Å². The molecule has 5 aromatic rings. The average molecular weight is 864 g/mol. The summed E-state index contributed by atoms with van der Waals surface area (Å²) in [6.45, 7) is 12.4. The minimum atomic E-state index is -0.949. The van der Waals surface area contributed by atoms with Crippen LogP contribution in [0, 0.1) is 11.6 Å². The third-order valence-corrected chi connectivity index (χ3v) is 14.0. The second-order valence-electron chi connectivity index (χ2n) is 16.9. The second-order valence-corrected chi connectivity index (χ2v) is 17.8. The summed E-state index contributed by atoms with van der Waals surface area (Å²) in [5, 5.41) is 3.15. The molecule has 4 aliphatic heterocycles. The molecule has 9 rings (SSSR count). The molecular weight excluding hydrogens is 814 g/mol. The molecule has 59 heavy (non-hydrogen) atoms. The van der Waals surface area contributed by atoms with Crippen molar-refractivity contribution in [2.24, 2.45) is 0 Å². The van der Waals surface area contributed by atoms with E-state index in [0.29, 0.717) is 48.2 Å². The maximum absolute atomic E-state index is 15.6. The predicted molar refractivity (Wildman–Crippen MR) is 231 cm³/mol. The van der Waals surface area contributed by atoms with Gasteiger partial charge in [-0.1, -0.05) is 24.3 Å². The number of amides is 1. The highest BCUT2D eigenvalue weighted by molar-refractivity contribution is 9.10. The van der Waals surface area contributed by atoms with E-state index < -0.39 is 23.5 Å². The Bertz CT molecular complexity index is 2520. The number of likely N-dealkylation sites (N-methyl/N-ethyl adjacent to an activating group) is 1. The molecule has 0 aliphatic carbocycles. The molecule has 1 N–H and O–H groups in total. The monoisotopic (exact) mass is 862 g/mol. The summed E-state index contributed by atoms with van der Waals surface area (Å²) in [7, 11) is 1.47. The van der Waals surface area contributed by atoms with Crippen molar-refractivity contribution < 1.29 is 13.6 Å². The fraction of sp³-hybridized carbons (Fsp3) is 0.413. The van der Waals surface area contributed by atoms with Crippen molar-refractivity contribution >= 4 is 50.1 Å². The van der Waals surface area contributed by atoms with Crippen LogP contribution in [0.2, 0.25) is 0 Å². The van der Waals surface area contributed by atoms with Gasteiger partial charge < -0.3 is 20.0 Å². The minimum absolute atomic E-state index is 0.200. The molecule has 2 fully saturated rings. The number of benzene rings is 3. The Morgan fingerprint density at radius 3 is 2.44 bits per heavy atom. The standard InChI is InChI=1S/C46H49BrF2N8O2/c1-5-6-8-31(43(58)50-4)39-35(48)24-30(25-36(39)49)56-22-17-32-41(51-26-52-42(32)56)55-20-15-29(16-21-55)54-18-13-27(14-19-54)28-11-12-33-38(23-28)57-37-10-7-9-34(47)40(37)44(59)53-45(57)46(33,2)3/h5,7,9-12,23-27,29,31H,1,6,8,13-22H2,2-4H3,(H,50,58). The minimum Gasteiger partial charge on any atom is -0.359 e. The van der Waals surface area contributed by atoms with Crippen LogP contribution in [0.5, 0.6) is 0 Å². The molecule has 1 amide bonds. The normalized spacial score (nSPS) is 18.5. The number of nitrogens with zero attached hydrogens (tertiary/aromatic N) is 7. The van der Waals surface area contributed by atoms with Gasteiger partial charge in [-0.05, 0) is 135 Å². The van der Waals surface area contributed by atoms with Crippen LogP contribution in [0.4, 0.5) is 26.1 Å². The summed E-state index contributed by atoms with van der Waals surface area (Å²) in [6, 6.07) is 15.9. The van der Waals surface area contributed by atoms with Gasteiger partial charge in [0, 0.05) is 54.0 Å².